The molecule has 1 aliphatic rings. The van der Waals surface area contributed by atoms with Gasteiger partial charge in [0.2, 0.25) is 0 Å². The molecule has 1 N–H and O–H groups in total. The molecule has 1 aromatic heterocycles. The van der Waals surface area contributed by atoms with Crippen LogP contribution in [0.4, 0.5) is 5.82 Å². The average Bonchev–Trinajstić information content (AvgIpc) is 2.36. The molecule has 1 fully saturated rings. The van der Waals surface area contributed by atoms with Crippen molar-refractivity contribution in [1.82, 2.24) is 9.97 Å². The maximum absolute atomic E-state index is 9.39. The topological polar surface area (TPSA) is 58.5 Å². The molecule has 5 nitrogen and oxygen atoms in total. The molecule has 20 heavy (non-hydrogen) atoms. The van der Waals surface area contributed by atoms with Gasteiger partial charge in [-0.25, -0.2) is 9.97 Å². The van der Waals surface area contributed by atoms with E-state index in [0.29, 0.717) is 6.54 Å². The minimum atomic E-state index is -0.304. The van der Waals surface area contributed by atoms with Crippen LogP contribution in [0, 0.1) is 0 Å². The minimum Gasteiger partial charge on any atom is -0.394 e. The van der Waals surface area contributed by atoms with Crippen molar-refractivity contribution in [3.63, 3.8) is 0 Å². The van der Waals surface area contributed by atoms with Gasteiger partial charge in [0, 0.05) is 25.1 Å². The number of hydrogen-bond donors (Lipinski definition) is 1. The zero-order valence-electron chi connectivity index (χ0n) is 12.4. The molecule has 0 aromatic carbocycles. The number of aliphatic hydroxyl groups is 1. The van der Waals surface area contributed by atoms with Gasteiger partial charge in [0.25, 0.3) is 0 Å². The van der Waals surface area contributed by atoms with E-state index >= 15 is 0 Å². The maximum atomic E-state index is 9.39. The number of anilines is 1. The van der Waals surface area contributed by atoms with E-state index in [9.17, 15) is 5.11 Å². The second-order valence-electron chi connectivity index (χ2n) is 6.12. The fraction of sp³-hybridized carbons (Fsp3) is 0.714. The first-order chi connectivity index (χ1) is 9.30. The molecule has 0 saturated carbocycles. The number of morpholine rings is 1. The van der Waals surface area contributed by atoms with E-state index in [1.54, 1.807) is 0 Å². The van der Waals surface area contributed by atoms with Crippen LogP contribution in [0.25, 0.3) is 0 Å². The van der Waals surface area contributed by atoms with Gasteiger partial charge in [-0.15, -0.1) is 0 Å². The zero-order valence-corrected chi connectivity index (χ0v) is 14.0. The maximum Gasteiger partial charge on any atom is 0.134 e. The molecular weight excluding hydrogens is 322 g/mol. The van der Waals surface area contributed by atoms with E-state index in [1.807, 2.05) is 19.9 Å². The van der Waals surface area contributed by atoms with Crippen molar-refractivity contribution < 1.29 is 9.84 Å². The number of aliphatic hydroxyl groups excluding tert-OH is 1. The third-order valence-corrected chi connectivity index (χ3v) is 3.63. The van der Waals surface area contributed by atoms with Crippen molar-refractivity contribution in [2.24, 2.45) is 0 Å². The van der Waals surface area contributed by atoms with Gasteiger partial charge in [-0.05, 0) is 29.8 Å². The Bertz CT molecular complexity index is 479. The van der Waals surface area contributed by atoms with Crippen LogP contribution >= 0.6 is 15.9 Å². The molecule has 1 saturated heterocycles. The van der Waals surface area contributed by atoms with Gasteiger partial charge in [0.05, 0.1) is 18.3 Å². The first-order valence-corrected chi connectivity index (χ1v) is 7.68. The van der Waals surface area contributed by atoms with Crippen molar-refractivity contribution in [2.75, 3.05) is 24.6 Å². The average molecular weight is 344 g/mol. The van der Waals surface area contributed by atoms with Crippen LogP contribution < -0.4 is 4.90 Å². The standard InChI is InChI=1S/C14H22BrN3O2/c1-9(2)13-16-11(15)5-12(17-13)18-6-10(7-19)20-14(3,4)8-18/h5,9-10,19H,6-8H2,1-4H3. The Morgan fingerprint density at radius 2 is 2.20 bits per heavy atom. The van der Waals surface area contributed by atoms with E-state index in [0.717, 1.165) is 22.8 Å². The lowest BCUT2D eigenvalue weighted by Crippen LogP contribution is -2.54. The lowest BCUT2D eigenvalue weighted by atomic mass is 10.1. The smallest absolute Gasteiger partial charge is 0.134 e. The fourth-order valence-electron chi connectivity index (χ4n) is 2.41. The Kier molecular flexibility index (Phi) is 4.66. The highest BCUT2D eigenvalue weighted by Crippen LogP contribution is 2.27. The predicted molar refractivity (Wildman–Crippen MR) is 82.1 cm³/mol. The van der Waals surface area contributed by atoms with Gasteiger partial charge in [-0.1, -0.05) is 13.8 Å². The summed E-state index contributed by atoms with van der Waals surface area (Å²) in [5.74, 6) is 1.97. The van der Waals surface area contributed by atoms with Gasteiger partial charge >= 0.3 is 0 Å². The van der Waals surface area contributed by atoms with Crippen molar-refractivity contribution in [1.29, 1.82) is 0 Å². The molecule has 1 aliphatic heterocycles. The molecule has 1 atom stereocenters. The molecule has 0 spiro atoms. The molecular formula is C14H22BrN3O2. The lowest BCUT2D eigenvalue weighted by molar-refractivity contribution is -0.101. The second-order valence-corrected chi connectivity index (χ2v) is 6.94. The van der Waals surface area contributed by atoms with E-state index < -0.39 is 0 Å². The van der Waals surface area contributed by atoms with E-state index in [-0.39, 0.29) is 24.2 Å². The molecule has 1 unspecified atom stereocenters. The van der Waals surface area contributed by atoms with Crippen molar-refractivity contribution in [3.8, 4) is 0 Å². The summed E-state index contributed by atoms with van der Waals surface area (Å²) >= 11 is 3.45. The van der Waals surface area contributed by atoms with Crippen molar-refractivity contribution in [3.05, 3.63) is 16.5 Å². The molecule has 2 rings (SSSR count). The third kappa shape index (κ3) is 3.68. The minimum absolute atomic E-state index is 0.0171. The molecule has 0 aliphatic carbocycles. The van der Waals surface area contributed by atoms with Gasteiger partial charge in [-0.3, -0.25) is 0 Å². The third-order valence-electron chi connectivity index (χ3n) is 3.22. The Morgan fingerprint density at radius 3 is 2.80 bits per heavy atom. The Morgan fingerprint density at radius 1 is 1.50 bits per heavy atom. The highest BCUT2D eigenvalue weighted by molar-refractivity contribution is 9.10. The summed E-state index contributed by atoms with van der Waals surface area (Å²) in [6, 6.07) is 1.92. The largest absolute Gasteiger partial charge is 0.394 e. The number of nitrogens with zero attached hydrogens (tertiary/aromatic N) is 3. The molecule has 1 aromatic rings. The fourth-order valence-corrected chi connectivity index (χ4v) is 2.79. The number of ether oxygens (including phenoxy) is 1. The van der Waals surface area contributed by atoms with E-state index in [4.69, 9.17) is 4.74 Å². The van der Waals surface area contributed by atoms with Crippen LogP contribution in [0.1, 0.15) is 39.4 Å². The molecule has 6 heteroatoms. The summed E-state index contributed by atoms with van der Waals surface area (Å²) in [6.45, 7) is 9.61. The van der Waals surface area contributed by atoms with Gasteiger partial charge in [0.1, 0.15) is 16.2 Å². The zero-order chi connectivity index (χ0) is 14.9. The van der Waals surface area contributed by atoms with Gasteiger partial charge in [0.15, 0.2) is 0 Å². The summed E-state index contributed by atoms with van der Waals surface area (Å²) in [5.41, 5.74) is -0.304. The Labute approximate surface area is 128 Å². The van der Waals surface area contributed by atoms with Crippen LogP contribution in [0.15, 0.2) is 10.7 Å². The highest BCUT2D eigenvalue weighted by Gasteiger charge is 2.34. The number of rotatable bonds is 3. The quantitative estimate of drug-likeness (QED) is 0.853. The van der Waals surface area contributed by atoms with Crippen molar-refractivity contribution in [2.45, 2.75) is 45.3 Å². The van der Waals surface area contributed by atoms with E-state index in [2.05, 4.69) is 44.6 Å². The van der Waals surface area contributed by atoms with Crippen LogP contribution in [0.3, 0.4) is 0 Å². The molecule has 0 bridgehead atoms. The van der Waals surface area contributed by atoms with Crippen LogP contribution in [0.2, 0.25) is 0 Å². The first kappa shape index (κ1) is 15.7. The van der Waals surface area contributed by atoms with E-state index in [1.165, 1.54) is 0 Å². The van der Waals surface area contributed by atoms with Gasteiger partial charge < -0.3 is 14.7 Å². The summed E-state index contributed by atoms with van der Waals surface area (Å²) in [5, 5.41) is 9.39. The van der Waals surface area contributed by atoms with Crippen LogP contribution in [0.5, 0.6) is 0 Å². The molecule has 0 radical (unpaired) electrons. The first-order valence-electron chi connectivity index (χ1n) is 6.89. The monoisotopic (exact) mass is 343 g/mol. The lowest BCUT2D eigenvalue weighted by Gasteiger charge is -2.42. The van der Waals surface area contributed by atoms with Crippen LogP contribution in [-0.4, -0.2) is 46.5 Å². The second kappa shape index (κ2) is 5.95. The predicted octanol–water partition coefficient (Wildman–Crippen LogP) is 2.34. The highest BCUT2D eigenvalue weighted by atomic mass is 79.9. The summed E-state index contributed by atoms with van der Waals surface area (Å²) < 4.78 is 6.62. The number of hydrogen-bond acceptors (Lipinski definition) is 5. The number of halogens is 1. The Balaban J connectivity index is 2.30. The summed E-state index contributed by atoms with van der Waals surface area (Å²) in [4.78, 5) is 11.2. The molecule has 2 heterocycles. The van der Waals surface area contributed by atoms with Gasteiger partial charge in [-0.2, -0.15) is 0 Å². The molecule has 0 amide bonds. The van der Waals surface area contributed by atoms with Crippen molar-refractivity contribution >= 4 is 21.7 Å². The summed E-state index contributed by atoms with van der Waals surface area (Å²) in [6.07, 6.45) is -0.185. The normalized spacial score (nSPS) is 22.4. The number of aromatic nitrogens is 2. The molecule has 112 valence electrons. The van der Waals surface area contributed by atoms with Crippen LogP contribution in [-0.2, 0) is 4.74 Å². The summed E-state index contributed by atoms with van der Waals surface area (Å²) in [7, 11) is 0. The SMILES string of the molecule is CC(C)c1nc(Br)cc(N2CC(CO)OC(C)(C)C2)n1. The Hall–Kier alpha value is -0.720.